The zero-order chi connectivity index (χ0) is 19.2. The van der Waals surface area contributed by atoms with Gasteiger partial charge < -0.3 is 15.4 Å². The molecular weight excluding hydrogens is 344 g/mol. The molecule has 2 N–H and O–H groups in total. The number of carbonyl (C=O) groups excluding carboxylic acids is 2. The lowest BCUT2D eigenvalue weighted by molar-refractivity contribution is 0.0937. The number of anilines is 1. The maximum Gasteiger partial charge on any atom is 0.287 e. The van der Waals surface area contributed by atoms with E-state index in [1.54, 1.807) is 29.8 Å². The summed E-state index contributed by atoms with van der Waals surface area (Å²) in [4.78, 5) is 29.6. The molecule has 7 nitrogen and oxygen atoms in total. The minimum Gasteiger partial charge on any atom is -0.385 e. The highest BCUT2D eigenvalue weighted by molar-refractivity contribution is 6.09. The molecule has 0 saturated heterocycles. The molecule has 0 unspecified atom stereocenters. The number of imidazole rings is 1. The van der Waals surface area contributed by atoms with Crippen molar-refractivity contribution in [3.63, 3.8) is 0 Å². The van der Waals surface area contributed by atoms with Gasteiger partial charge in [-0.2, -0.15) is 0 Å². The Morgan fingerprint density at radius 1 is 1.11 bits per heavy atom. The van der Waals surface area contributed by atoms with Gasteiger partial charge in [-0.3, -0.25) is 14.0 Å². The minimum absolute atomic E-state index is 0.179. The number of carbonyl (C=O) groups is 2. The number of benzene rings is 1. The number of hydrogen-bond acceptors (Lipinski definition) is 4. The molecule has 0 spiro atoms. The standard InChI is InChI=1S/C20H22N4O3/c1-14-8-3-4-9-15(14)22-19(25)17-16-10-5-6-12-24(16)18(23-17)20(26)21-11-7-13-27-2/h3-6,8-10,12H,7,11,13H2,1-2H3,(H,21,26)(H,22,25). The van der Waals surface area contributed by atoms with Crippen molar-refractivity contribution >= 4 is 23.0 Å². The summed E-state index contributed by atoms with van der Waals surface area (Å²) >= 11 is 0. The number of methoxy groups -OCH3 is 1. The summed E-state index contributed by atoms with van der Waals surface area (Å²) in [6.07, 6.45) is 2.42. The first kappa shape index (κ1) is 18.6. The smallest absolute Gasteiger partial charge is 0.287 e. The van der Waals surface area contributed by atoms with Gasteiger partial charge in [0.2, 0.25) is 5.82 Å². The van der Waals surface area contributed by atoms with Gasteiger partial charge in [-0.25, -0.2) is 4.98 Å². The third-order valence-corrected chi connectivity index (χ3v) is 4.17. The van der Waals surface area contributed by atoms with E-state index < -0.39 is 0 Å². The number of rotatable bonds is 7. The van der Waals surface area contributed by atoms with Crippen molar-refractivity contribution in [3.05, 3.63) is 65.7 Å². The number of ether oxygens (including phenoxy) is 1. The van der Waals surface area contributed by atoms with E-state index in [-0.39, 0.29) is 23.3 Å². The molecule has 0 radical (unpaired) electrons. The molecule has 3 aromatic rings. The Labute approximate surface area is 157 Å². The number of fused-ring (bicyclic) bond motifs is 1. The number of nitrogens with one attached hydrogen (secondary N) is 2. The van der Waals surface area contributed by atoms with E-state index in [2.05, 4.69) is 15.6 Å². The molecule has 2 amide bonds. The van der Waals surface area contributed by atoms with Crippen LogP contribution in [0.4, 0.5) is 5.69 Å². The van der Waals surface area contributed by atoms with Crippen molar-refractivity contribution in [2.45, 2.75) is 13.3 Å². The van der Waals surface area contributed by atoms with Crippen LogP contribution >= 0.6 is 0 Å². The summed E-state index contributed by atoms with van der Waals surface area (Å²) in [6.45, 7) is 2.95. The summed E-state index contributed by atoms with van der Waals surface area (Å²) in [5, 5.41) is 5.67. The van der Waals surface area contributed by atoms with Crippen molar-refractivity contribution in [3.8, 4) is 0 Å². The van der Waals surface area contributed by atoms with Crippen LogP contribution in [-0.4, -0.2) is 41.5 Å². The molecule has 0 aliphatic heterocycles. The van der Waals surface area contributed by atoms with Crippen molar-refractivity contribution < 1.29 is 14.3 Å². The van der Waals surface area contributed by atoms with Crippen molar-refractivity contribution in [2.24, 2.45) is 0 Å². The summed E-state index contributed by atoms with van der Waals surface area (Å²) < 4.78 is 6.60. The van der Waals surface area contributed by atoms with Crippen LogP contribution in [0.2, 0.25) is 0 Å². The van der Waals surface area contributed by atoms with Gasteiger partial charge in [0.05, 0.1) is 5.52 Å². The summed E-state index contributed by atoms with van der Waals surface area (Å²) in [5.74, 6) is -0.508. The molecule has 2 aromatic heterocycles. The van der Waals surface area contributed by atoms with Crippen LogP contribution in [0, 0.1) is 6.92 Å². The average molecular weight is 366 g/mol. The monoisotopic (exact) mass is 366 g/mol. The second-order valence-electron chi connectivity index (χ2n) is 6.11. The van der Waals surface area contributed by atoms with E-state index in [9.17, 15) is 9.59 Å². The quantitative estimate of drug-likeness (QED) is 0.630. The van der Waals surface area contributed by atoms with Crippen molar-refractivity contribution in [1.82, 2.24) is 14.7 Å². The van der Waals surface area contributed by atoms with E-state index in [1.165, 1.54) is 0 Å². The highest BCUT2D eigenvalue weighted by Crippen LogP contribution is 2.18. The maximum atomic E-state index is 12.8. The topological polar surface area (TPSA) is 84.7 Å². The lowest BCUT2D eigenvalue weighted by atomic mass is 10.2. The molecule has 140 valence electrons. The molecule has 0 atom stereocenters. The normalized spacial score (nSPS) is 10.7. The minimum atomic E-state index is -0.355. The van der Waals surface area contributed by atoms with Crippen LogP contribution in [0.15, 0.2) is 48.7 Å². The second kappa shape index (κ2) is 8.46. The fraction of sp³-hybridized carbons (Fsp3) is 0.250. The zero-order valence-corrected chi connectivity index (χ0v) is 15.4. The van der Waals surface area contributed by atoms with Crippen LogP contribution in [-0.2, 0) is 4.74 Å². The van der Waals surface area contributed by atoms with E-state index in [1.807, 2.05) is 37.3 Å². The van der Waals surface area contributed by atoms with Gasteiger partial charge in [0.1, 0.15) is 0 Å². The Morgan fingerprint density at radius 2 is 1.89 bits per heavy atom. The number of para-hydroxylation sites is 1. The molecule has 1 aromatic carbocycles. The van der Waals surface area contributed by atoms with Gasteiger partial charge >= 0.3 is 0 Å². The van der Waals surface area contributed by atoms with Crippen LogP contribution < -0.4 is 10.6 Å². The SMILES string of the molecule is COCCCNC(=O)c1nc(C(=O)Nc2ccccc2C)c2ccccn12. The second-order valence-corrected chi connectivity index (χ2v) is 6.11. The Morgan fingerprint density at radius 3 is 2.67 bits per heavy atom. The zero-order valence-electron chi connectivity index (χ0n) is 15.4. The molecule has 0 aliphatic rings. The number of aromatic nitrogens is 2. The number of amides is 2. The first-order valence-electron chi connectivity index (χ1n) is 8.73. The predicted molar refractivity (Wildman–Crippen MR) is 103 cm³/mol. The summed E-state index contributed by atoms with van der Waals surface area (Å²) in [7, 11) is 1.61. The Hall–Kier alpha value is -3.19. The molecule has 3 rings (SSSR count). The third-order valence-electron chi connectivity index (χ3n) is 4.17. The Balaban J connectivity index is 1.87. The van der Waals surface area contributed by atoms with Gasteiger partial charge in [0.15, 0.2) is 5.69 Å². The van der Waals surface area contributed by atoms with Gasteiger partial charge in [-0.15, -0.1) is 0 Å². The Kier molecular flexibility index (Phi) is 5.83. The van der Waals surface area contributed by atoms with Gasteiger partial charge in [-0.05, 0) is 37.1 Å². The van der Waals surface area contributed by atoms with Crippen LogP contribution in [0.5, 0.6) is 0 Å². The highest BCUT2D eigenvalue weighted by atomic mass is 16.5. The molecule has 27 heavy (non-hydrogen) atoms. The number of hydrogen-bond donors (Lipinski definition) is 2. The van der Waals surface area contributed by atoms with Gasteiger partial charge in [-0.1, -0.05) is 24.3 Å². The predicted octanol–water partition coefficient (Wildman–Crippen LogP) is 2.66. The Bertz CT molecular complexity index is 965. The molecule has 0 fully saturated rings. The molecule has 0 aliphatic carbocycles. The highest BCUT2D eigenvalue weighted by Gasteiger charge is 2.21. The fourth-order valence-corrected chi connectivity index (χ4v) is 2.76. The largest absolute Gasteiger partial charge is 0.385 e. The summed E-state index contributed by atoms with van der Waals surface area (Å²) in [6, 6.07) is 12.9. The van der Waals surface area contributed by atoms with Crippen LogP contribution in [0.1, 0.15) is 33.1 Å². The third kappa shape index (κ3) is 4.15. The molecule has 0 bridgehead atoms. The van der Waals surface area contributed by atoms with E-state index in [0.29, 0.717) is 30.8 Å². The maximum absolute atomic E-state index is 12.8. The van der Waals surface area contributed by atoms with E-state index >= 15 is 0 Å². The van der Waals surface area contributed by atoms with E-state index in [4.69, 9.17) is 4.74 Å². The lowest BCUT2D eigenvalue weighted by Crippen LogP contribution is -2.27. The summed E-state index contributed by atoms with van der Waals surface area (Å²) in [5.41, 5.74) is 2.45. The average Bonchev–Trinajstić information content (AvgIpc) is 3.07. The van der Waals surface area contributed by atoms with Crippen LogP contribution in [0.25, 0.3) is 5.52 Å². The number of pyridine rings is 1. The fourth-order valence-electron chi connectivity index (χ4n) is 2.76. The van der Waals surface area contributed by atoms with Crippen LogP contribution in [0.3, 0.4) is 0 Å². The van der Waals surface area contributed by atoms with Crippen molar-refractivity contribution in [1.29, 1.82) is 0 Å². The molecule has 2 heterocycles. The molecular formula is C20H22N4O3. The first-order valence-corrected chi connectivity index (χ1v) is 8.73. The van der Waals surface area contributed by atoms with Crippen molar-refractivity contribution in [2.75, 3.05) is 25.6 Å². The first-order chi connectivity index (χ1) is 13.1. The van der Waals surface area contributed by atoms with Gasteiger partial charge in [0.25, 0.3) is 11.8 Å². The number of nitrogens with zero attached hydrogens (tertiary/aromatic N) is 2. The van der Waals surface area contributed by atoms with Gasteiger partial charge in [0, 0.05) is 32.1 Å². The number of aryl methyl sites for hydroxylation is 1. The molecule has 0 saturated carbocycles. The van der Waals surface area contributed by atoms with E-state index in [0.717, 1.165) is 5.56 Å². The lowest BCUT2D eigenvalue weighted by Gasteiger charge is -2.06. The molecule has 7 heteroatoms.